The number of para-hydroxylation sites is 1. The number of nitrogens with one attached hydrogen (secondary N) is 2. The topological polar surface area (TPSA) is 57.8 Å². The molecule has 2 heterocycles. The first kappa shape index (κ1) is 16.1. The first-order valence-electron chi connectivity index (χ1n) is 7.79. The Hall–Kier alpha value is -3.35. The number of hydrogen-bond donors (Lipinski definition) is 2. The number of hydrogen-bond acceptors (Lipinski definition) is 3. The van der Waals surface area contributed by atoms with Crippen LogP contribution in [0.5, 0.6) is 0 Å². The Kier molecular flexibility index (Phi) is 3.84. The molecule has 0 bridgehead atoms. The van der Waals surface area contributed by atoms with E-state index in [0.29, 0.717) is 16.3 Å². The minimum atomic E-state index is -0.861. The first-order chi connectivity index (χ1) is 12.6. The Morgan fingerprint density at radius 2 is 1.92 bits per heavy atom. The standard InChI is InChI=1S/C19H12F3N3O/c20-9-10-2-1-3-14(22)17(10)25-18-12-5-4-11(21)8-13(12)16-15(24-18)6-7-23-19(16)26/h1-8H,9H2,(H,23,26)(H,24,25). The van der Waals surface area contributed by atoms with Crippen molar-refractivity contribution in [3.05, 3.63) is 76.2 Å². The monoisotopic (exact) mass is 355 g/mol. The van der Waals surface area contributed by atoms with Gasteiger partial charge in [-0.3, -0.25) is 4.79 Å². The minimum Gasteiger partial charge on any atom is -0.337 e. The highest BCUT2D eigenvalue weighted by Crippen LogP contribution is 2.32. The van der Waals surface area contributed by atoms with Crippen LogP contribution in [0.4, 0.5) is 24.7 Å². The van der Waals surface area contributed by atoms with Gasteiger partial charge in [0, 0.05) is 22.5 Å². The largest absolute Gasteiger partial charge is 0.337 e. The van der Waals surface area contributed by atoms with E-state index in [2.05, 4.69) is 15.3 Å². The number of anilines is 2. The summed E-state index contributed by atoms with van der Waals surface area (Å²) in [6.07, 6.45) is 1.42. The van der Waals surface area contributed by atoms with Crippen molar-refractivity contribution in [1.82, 2.24) is 9.97 Å². The highest BCUT2D eigenvalue weighted by atomic mass is 19.1. The van der Waals surface area contributed by atoms with Gasteiger partial charge in [-0.25, -0.2) is 18.2 Å². The Morgan fingerprint density at radius 1 is 1.08 bits per heavy atom. The highest BCUT2D eigenvalue weighted by Gasteiger charge is 2.15. The third-order valence-corrected chi connectivity index (χ3v) is 4.16. The van der Waals surface area contributed by atoms with Crippen molar-refractivity contribution in [2.24, 2.45) is 0 Å². The number of aromatic amines is 1. The van der Waals surface area contributed by atoms with Crippen LogP contribution in [0.1, 0.15) is 5.56 Å². The second kappa shape index (κ2) is 6.18. The van der Waals surface area contributed by atoms with Crippen molar-refractivity contribution < 1.29 is 13.2 Å². The summed E-state index contributed by atoms with van der Waals surface area (Å²) >= 11 is 0. The molecule has 2 aromatic carbocycles. The maximum Gasteiger partial charge on any atom is 0.258 e. The number of aromatic nitrogens is 2. The van der Waals surface area contributed by atoms with E-state index in [1.54, 1.807) is 6.07 Å². The molecule has 26 heavy (non-hydrogen) atoms. The zero-order valence-electron chi connectivity index (χ0n) is 13.3. The van der Waals surface area contributed by atoms with Gasteiger partial charge in [0.25, 0.3) is 5.56 Å². The van der Waals surface area contributed by atoms with E-state index in [4.69, 9.17) is 0 Å². The summed E-state index contributed by atoms with van der Waals surface area (Å²) in [4.78, 5) is 19.1. The fraction of sp³-hybridized carbons (Fsp3) is 0.0526. The lowest BCUT2D eigenvalue weighted by Gasteiger charge is -2.14. The summed E-state index contributed by atoms with van der Waals surface area (Å²) in [5.74, 6) is -0.948. The van der Waals surface area contributed by atoms with Gasteiger partial charge < -0.3 is 10.3 Å². The van der Waals surface area contributed by atoms with E-state index in [0.717, 1.165) is 0 Å². The molecule has 0 spiro atoms. The molecule has 4 nitrogen and oxygen atoms in total. The highest BCUT2D eigenvalue weighted by molar-refractivity contribution is 6.10. The fourth-order valence-electron chi connectivity index (χ4n) is 2.97. The maximum atomic E-state index is 14.2. The third kappa shape index (κ3) is 2.57. The molecule has 0 aliphatic rings. The SMILES string of the molecule is O=c1[nH]ccc2nc(Nc3c(F)cccc3CF)c3ccc(F)cc3c12. The summed E-state index contributed by atoms with van der Waals surface area (Å²) in [7, 11) is 0. The molecule has 0 unspecified atom stereocenters. The van der Waals surface area contributed by atoms with E-state index in [1.165, 1.54) is 42.6 Å². The van der Waals surface area contributed by atoms with Crippen molar-refractivity contribution in [3.8, 4) is 0 Å². The summed E-state index contributed by atoms with van der Waals surface area (Å²) in [5.41, 5.74) is -0.00893. The Balaban J connectivity index is 2.03. The molecule has 2 N–H and O–H groups in total. The summed E-state index contributed by atoms with van der Waals surface area (Å²) in [6, 6.07) is 9.52. The third-order valence-electron chi connectivity index (χ3n) is 4.16. The lowest BCUT2D eigenvalue weighted by Crippen LogP contribution is -2.08. The molecule has 2 aromatic heterocycles. The van der Waals surface area contributed by atoms with Crippen LogP contribution in [0, 0.1) is 11.6 Å². The van der Waals surface area contributed by atoms with Gasteiger partial charge in [-0.1, -0.05) is 12.1 Å². The van der Waals surface area contributed by atoms with Crippen molar-refractivity contribution in [1.29, 1.82) is 0 Å². The van der Waals surface area contributed by atoms with E-state index in [9.17, 15) is 18.0 Å². The number of nitrogens with zero attached hydrogens (tertiary/aromatic N) is 1. The summed E-state index contributed by atoms with van der Waals surface area (Å²) in [6.45, 7) is -0.861. The average Bonchev–Trinajstić information content (AvgIpc) is 2.63. The van der Waals surface area contributed by atoms with E-state index < -0.39 is 23.9 Å². The van der Waals surface area contributed by atoms with Crippen LogP contribution in [0.3, 0.4) is 0 Å². The zero-order valence-corrected chi connectivity index (χ0v) is 13.3. The molecule has 0 saturated carbocycles. The van der Waals surface area contributed by atoms with Crippen LogP contribution in [0.15, 0.2) is 53.5 Å². The van der Waals surface area contributed by atoms with Gasteiger partial charge in [0.05, 0.1) is 16.6 Å². The number of halogens is 3. The second-order valence-corrected chi connectivity index (χ2v) is 5.75. The lowest BCUT2D eigenvalue weighted by atomic mass is 10.1. The van der Waals surface area contributed by atoms with Gasteiger partial charge >= 0.3 is 0 Å². The molecule has 0 saturated heterocycles. The van der Waals surface area contributed by atoms with Crippen molar-refractivity contribution >= 4 is 33.2 Å². The fourth-order valence-corrected chi connectivity index (χ4v) is 2.97. The zero-order chi connectivity index (χ0) is 18.3. The molecule has 4 rings (SSSR count). The number of rotatable bonds is 3. The van der Waals surface area contributed by atoms with E-state index >= 15 is 0 Å². The molecule has 0 fully saturated rings. The van der Waals surface area contributed by atoms with Crippen LogP contribution in [-0.4, -0.2) is 9.97 Å². The summed E-state index contributed by atoms with van der Waals surface area (Å²) < 4.78 is 41.2. The quantitative estimate of drug-likeness (QED) is 0.530. The first-order valence-corrected chi connectivity index (χ1v) is 7.79. The minimum absolute atomic E-state index is 0.0442. The molecule has 4 aromatic rings. The number of alkyl halides is 1. The molecular weight excluding hydrogens is 343 g/mol. The second-order valence-electron chi connectivity index (χ2n) is 5.75. The predicted molar refractivity (Wildman–Crippen MR) is 94.3 cm³/mol. The molecule has 0 aliphatic carbocycles. The van der Waals surface area contributed by atoms with Crippen LogP contribution in [0.25, 0.3) is 21.7 Å². The summed E-state index contributed by atoms with van der Waals surface area (Å²) in [5, 5.41) is 3.78. The Morgan fingerprint density at radius 3 is 2.73 bits per heavy atom. The van der Waals surface area contributed by atoms with Gasteiger partial charge in [-0.05, 0) is 30.3 Å². The number of pyridine rings is 2. The van der Waals surface area contributed by atoms with Gasteiger partial charge in [0.1, 0.15) is 24.1 Å². The molecule has 130 valence electrons. The molecule has 0 radical (unpaired) electrons. The maximum absolute atomic E-state index is 14.2. The Bertz CT molecular complexity index is 1200. The van der Waals surface area contributed by atoms with Crippen LogP contribution in [0.2, 0.25) is 0 Å². The van der Waals surface area contributed by atoms with Crippen molar-refractivity contribution in [2.75, 3.05) is 5.32 Å². The lowest BCUT2D eigenvalue weighted by molar-refractivity contribution is 0.484. The number of fused-ring (bicyclic) bond motifs is 3. The molecule has 0 aliphatic heterocycles. The van der Waals surface area contributed by atoms with E-state index in [-0.39, 0.29) is 22.5 Å². The molecular formula is C19H12F3N3O. The van der Waals surface area contributed by atoms with Crippen molar-refractivity contribution in [2.45, 2.75) is 6.67 Å². The van der Waals surface area contributed by atoms with E-state index in [1.807, 2.05) is 0 Å². The van der Waals surface area contributed by atoms with Crippen molar-refractivity contribution in [3.63, 3.8) is 0 Å². The van der Waals surface area contributed by atoms with Gasteiger partial charge in [-0.15, -0.1) is 0 Å². The molecule has 7 heteroatoms. The normalized spacial score (nSPS) is 11.2. The van der Waals surface area contributed by atoms with Crippen LogP contribution in [-0.2, 0) is 6.67 Å². The molecule has 0 amide bonds. The Labute approximate surface area is 145 Å². The number of H-pyrrole nitrogens is 1. The average molecular weight is 355 g/mol. The van der Waals surface area contributed by atoms with Crippen LogP contribution >= 0.6 is 0 Å². The van der Waals surface area contributed by atoms with Gasteiger partial charge in [-0.2, -0.15) is 0 Å². The predicted octanol–water partition coefficient (Wildman–Crippen LogP) is 4.57. The number of benzene rings is 2. The van der Waals surface area contributed by atoms with Crippen LogP contribution < -0.4 is 10.9 Å². The smallest absolute Gasteiger partial charge is 0.258 e. The van der Waals surface area contributed by atoms with Gasteiger partial charge in [0.15, 0.2) is 0 Å². The molecule has 0 atom stereocenters. The van der Waals surface area contributed by atoms with Gasteiger partial charge in [0.2, 0.25) is 0 Å².